The number of aliphatic hydroxyl groups excluding tert-OH is 2. The van der Waals surface area contributed by atoms with Crippen LogP contribution in [0.15, 0.2) is 60.9 Å². The Kier molecular flexibility index (Phi) is 11.5. The van der Waals surface area contributed by atoms with E-state index < -0.39 is 61.3 Å². The van der Waals surface area contributed by atoms with E-state index in [-0.39, 0.29) is 48.9 Å². The molecule has 262 valence electrons. The Morgan fingerprint density at radius 2 is 1.24 bits per heavy atom. The first-order chi connectivity index (χ1) is 23.6. The maximum absolute atomic E-state index is 12.0. The van der Waals surface area contributed by atoms with Gasteiger partial charge in [0.1, 0.15) is 47.3 Å². The normalized spacial score (nSPS) is 22.1. The van der Waals surface area contributed by atoms with Crippen molar-refractivity contribution in [3.05, 3.63) is 83.4 Å². The molecular weight excluding hydrogens is 648 g/mol. The molecule has 6 N–H and O–H groups in total. The topological polar surface area (TPSA) is 254 Å². The zero-order valence-electron chi connectivity index (χ0n) is 26.2. The molecule has 0 aliphatic carbocycles. The first kappa shape index (κ1) is 35.3. The van der Waals surface area contributed by atoms with Crippen molar-refractivity contribution >= 4 is 11.9 Å². The number of carboxylic acids is 2. The van der Waals surface area contributed by atoms with Gasteiger partial charge in [0.15, 0.2) is 18.4 Å². The van der Waals surface area contributed by atoms with Gasteiger partial charge >= 0.3 is 11.9 Å². The molecule has 1 aliphatic rings. The van der Waals surface area contributed by atoms with Crippen molar-refractivity contribution in [2.45, 2.75) is 68.8 Å². The summed E-state index contributed by atoms with van der Waals surface area (Å²) in [4.78, 5) is 24.1. The van der Waals surface area contributed by atoms with Crippen LogP contribution in [0, 0.1) is 0 Å². The molecule has 0 spiro atoms. The molecule has 7 atom stereocenters. The molecule has 0 saturated carbocycles. The van der Waals surface area contributed by atoms with Crippen molar-refractivity contribution < 1.29 is 59.2 Å². The minimum absolute atomic E-state index is 0.0488. The standard InChI is InChI=1S/C31H36N6O12/c1-46-31-26(41)28(48-16-20-13-37(35-33-20)24(30(44)45)11-18-4-8-22(40)9-5-18)27(25(14-38)49-31)47-15-19-12-36(34-32-19)23(29(42)43)10-17-2-6-21(39)7-3-17/h2-9,12-13,23-28,31,38-41H,10-11,14-16H2,1H3,(H,42,43)(H,44,45)/t23-,24-,25+,26+,27+,28+,31-/m0/s1. The van der Waals surface area contributed by atoms with Crippen LogP contribution in [-0.4, -0.2) is 117 Å². The largest absolute Gasteiger partial charge is 0.508 e. The molecule has 0 radical (unpaired) electrons. The molecule has 18 nitrogen and oxygen atoms in total. The summed E-state index contributed by atoms with van der Waals surface area (Å²) in [6.45, 7) is -1.01. The molecule has 1 aliphatic heterocycles. The van der Waals surface area contributed by atoms with Crippen molar-refractivity contribution in [2.24, 2.45) is 0 Å². The highest BCUT2D eigenvalue weighted by Gasteiger charge is 2.47. The van der Waals surface area contributed by atoms with Crippen molar-refractivity contribution in [1.82, 2.24) is 30.0 Å². The van der Waals surface area contributed by atoms with Crippen molar-refractivity contribution in [1.29, 1.82) is 0 Å². The fourth-order valence-electron chi connectivity index (χ4n) is 5.35. The van der Waals surface area contributed by atoms with Gasteiger partial charge in [-0.25, -0.2) is 19.0 Å². The highest BCUT2D eigenvalue weighted by Crippen LogP contribution is 2.28. The Morgan fingerprint density at radius 1 is 0.796 bits per heavy atom. The number of carbonyl (C=O) groups is 2. The number of methoxy groups -OCH3 is 1. The Bertz CT molecular complexity index is 1680. The Balaban J connectivity index is 1.27. The second kappa shape index (κ2) is 15.9. The van der Waals surface area contributed by atoms with Crippen LogP contribution in [0.1, 0.15) is 34.6 Å². The van der Waals surface area contributed by atoms with Crippen LogP contribution in [-0.2, 0) is 54.6 Å². The van der Waals surface area contributed by atoms with Gasteiger partial charge in [-0.05, 0) is 35.4 Å². The first-order valence-electron chi connectivity index (χ1n) is 15.1. The predicted octanol–water partition coefficient (Wildman–Crippen LogP) is 0.213. The van der Waals surface area contributed by atoms with Crippen molar-refractivity contribution in [3.63, 3.8) is 0 Å². The third-order valence-electron chi connectivity index (χ3n) is 7.93. The second-order valence-corrected chi connectivity index (χ2v) is 11.3. The minimum Gasteiger partial charge on any atom is -0.508 e. The van der Waals surface area contributed by atoms with Gasteiger partial charge in [-0.1, -0.05) is 34.7 Å². The number of hydrogen-bond acceptors (Lipinski definition) is 14. The van der Waals surface area contributed by atoms with Crippen molar-refractivity contribution in [3.8, 4) is 11.5 Å². The summed E-state index contributed by atoms with van der Waals surface area (Å²) in [6, 6.07) is 10.0. The summed E-state index contributed by atoms with van der Waals surface area (Å²) in [5.74, 6) is -2.21. The van der Waals surface area contributed by atoms with Gasteiger partial charge in [0.25, 0.3) is 0 Å². The molecule has 0 amide bonds. The third kappa shape index (κ3) is 8.74. The lowest BCUT2D eigenvalue weighted by atomic mass is 9.98. The summed E-state index contributed by atoms with van der Waals surface area (Å²) < 4.78 is 25.3. The van der Waals surface area contributed by atoms with Gasteiger partial charge in [0, 0.05) is 20.0 Å². The molecule has 2 aromatic carbocycles. The van der Waals surface area contributed by atoms with Crippen LogP contribution in [0.5, 0.6) is 11.5 Å². The molecule has 2 aromatic heterocycles. The maximum Gasteiger partial charge on any atom is 0.328 e. The molecular formula is C31H36N6O12. The number of carboxylic acid groups (broad SMARTS) is 2. The minimum atomic E-state index is -1.40. The number of aliphatic carboxylic acids is 2. The lowest BCUT2D eigenvalue weighted by Gasteiger charge is -2.43. The number of rotatable bonds is 16. The summed E-state index contributed by atoms with van der Waals surface area (Å²) >= 11 is 0. The van der Waals surface area contributed by atoms with E-state index in [4.69, 9.17) is 18.9 Å². The number of ether oxygens (including phenoxy) is 4. The Labute approximate surface area is 278 Å². The number of nitrogens with zero attached hydrogens (tertiary/aromatic N) is 6. The van der Waals surface area contributed by atoms with E-state index in [2.05, 4.69) is 20.6 Å². The van der Waals surface area contributed by atoms with Gasteiger partial charge in [-0.3, -0.25) is 0 Å². The van der Waals surface area contributed by atoms with Crippen LogP contribution in [0.25, 0.3) is 0 Å². The smallest absolute Gasteiger partial charge is 0.328 e. The van der Waals surface area contributed by atoms with E-state index in [1.54, 1.807) is 24.3 Å². The number of phenolic OH excluding ortho intramolecular Hbond substituents is 2. The number of aromatic nitrogens is 6. The van der Waals surface area contributed by atoms with Crippen LogP contribution in [0.4, 0.5) is 0 Å². The molecule has 49 heavy (non-hydrogen) atoms. The van der Waals surface area contributed by atoms with Crippen LogP contribution in [0.2, 0.25) is 0 Å². The summed E-state index contributed by atoms with van der Waals surface area (Å²) in [5, 5.41) is 75.8. The third-order valence-corrected chi connectivity index (χ3v) is 7.93. The highest BCUT2D eigenvalue weighted by atomic mass is 16.7. The van der Waals surface area contributed by atoms with Gasteiger partial charge in [-0.2, -0.15) is 0 Å². The molecule has 4 aromatic rings. The number of aliphatic hydroxyl groups is 2. The average Bonchev–Trinajstić information content (AvgIpc) is 3.76. The van der Waals surface area contributed by atoms with Crippen molar-refractivity contribution in [2.75, 3.05) is 13.7 Å². The predicted molar refractivity (Wildman–Crippen MR) is 163 cm³/mol. The molecule has 0 unspecified atom stereocenters. The molecule has 3 heterocycles. The fourth-order valence-corrected chi connectivity index (χ4v) is 5.35. The summed E-state index contributed by atoms with van der Waals surface area (Å²) in [6.07, 6.45) is -2.91. The van der Waals surface area contributed by atoms with Crippen LogP contribution in [0.3, 0.4) is 0 Å². The number of phenols is 2. The SMILES string of the molecule is CO[C@H]1O[C@H](CO)[C@@H](OCc2cn([C@@H](Cc3ccc(O)cc3)C(=O)O)nn2)[C@H](OCc2cn([C@@H](Cc3ccc(O)cc3)C(=O)O)nn2)[C@H]1O. The number of aromatic hydroxyl groups is 2. The first-order valence-corrected chi connectivity index (χ1v) is 15.1. The average molecular weight is 685 g/mol. The molecule has 1 fully saturated rings. The van der Waals surface area contributed by atoms with Gasteiger partial charge < -0.3 is 49.6 Å². The summed E-state index contributed by atoms with van der Waals surface area (Å²) in [5.41, 5.74) is 1.79. The molecule has 18 heteroatoms. The fraction of sp³-hybridized carbons (Fsp3) is 0.419. The quantitative estimate of drug-likeness (QED) is 0.0922. The van der Waals surface area contributed by atoms with Gasteiger partial charge in [-0.15, -0.1) is 10.2 Å². The van der Waals surface area contributed by atoms with Crippen LogP contribution >= 0.6 is 0 Å². The van der Waals surface area contributed by atoms with E-state index in [9.17, 15) is 40.2 Å². The van der Waals surface area contributed by atoms with E-state index in [0.29, 0.717) is 11.1 Å². The monoisotopic (exact) mass is 684 g/mol. The van der Waals surface area contributed by atoms with E-state index in [1.807, 2.05) is 0 Å². The Hall–Kier alpha value is -4.98. The van der Waals surface area contributed by atoms with Gasteiger partial charge in [0.2, 0.25) is 0 Å². The summed E-state index contributed by atoms with van der Waals surface area (Å²) in [7, 11) is 1.31. The molecule has 5 rings (SSSR count). The maximum atomic E-state index is 12.0. The zero-order valence-corrected chi connectivity index (χ0v) is 26.2. The Morgan fingerprint density at radius 3 is 1.65 bits per heavy atom. The highest BCUT2D eigenvalue weighted by molar-refractivity contribution is 5.72. The number of benzene rings is 2. The van der Waals surface area contributed by atoms with Gasteiger partial charge in [0.05, 0.1) is 32.2 Å². The molecule has 1 saturated heterocycles. The van der Waals surface area contributed by atoms with E-state index >= 15 is 0 Å². The lowest BCUT2D eigenvalue weighted by Crippen LogP contribution is -2.60. The van der Waals surface area contributed by atoms with E-state index in [0.717, 1.165) is 0 Å². The molecule has 0 bridgehead atoms. The lowest BCUT2D eigenvalue weighted by molar-refractivity contribution is -0.311. The number of hydrogen-bond donors (Lipinski definition) is 6. The van der Waals surface area contributed by atoms with Crippen LogP contribution < -0.4 is 0 Å². The second-order valence-electron chi connectivity index (χ2n) is 11.3. The zero-order chi connectivity index (χ0) is 35.1. The van der Waals surface area contributed by atoms with E-state index in [1.165, 1.54) is 53.1 Å².